The van der Waals surface area contributed by atoms with Crippen molar-refractivity contribution in [2.24, 2.45) is 0 Å². The molecule has 1 rings (SSSR count). The minimum atomic E-state index is -2.94. The fourth-order valence-electron chi connectivity index (χ4n) is 3.36. The molecule has 0 aliphatic carbocycles. The number of urea groups is 1. The van der Waals surface area contributed by atoms with Gasteiger partial charge in [-0.15, -0.1) is 0 Å². The van der Waals surface area contributed by atoms with E-state index in [-0.39, 0.29) is 23.6 Å². The van der Waals surface area contributed by atoms with Gasteiger partial charge in [-0.2, -0.15) is 0 Å². The highest BCUT2D eigenvalue weighted by molar-refractivity contribution is 7.91. The van der Waals surface area contributed by atoms with Crippen molar-refractivity contribution in [1.82, 2.24) is 10.2 Å². The van der Waals surface area contributed by atoms with Gasteiger partial charge in [-0.3, -0.25) is 0 Å². The number of unbranched alkanes of at least 4 members (excludes halogenated alkanes) is 10. The molecule has 1 saturated heterocycles. The molecule has 5 nitrogen and oxygen atoms in total. The van der Waals surface area contributed by atoms with Gasteiger partial charge in [-0.25, -0.2) is 13.2 Å². The van der Waals surface area contributed by atoms with Crippen LogP contribution in [0.1, 0.15) is 84.0 Å². The summed E-state index contributed by atoms with van der Waals surface area (Å²) in [5.74, 6) is 0.309. The average molecular weight is 375 g/mol. The number of nitrogens with one attached hydrogen (secondary N) is 1. The largest absolute Gasteiger partial charge is 0.338 e. The second-order valence-electron chi connectivity index (χ2n) is 7.44. The molecular weight excluding hydrogens is 336 g/mol. The first-order valence-corrected chi connectivity index (χ1v) is 12.0. The topological polar surface area (TPSA) is 66.5 Å². The summed E-state index contributed by atoms with van der Waals surface area (Å²) in [7, 11) is -1.25. The molecule has 6 heteroatoms. The molecule has 1 unspecified atom stereocenters. The molecule has 1 aliphatic heterocycles. The molecule has 0 bridgehead atoms. The van der Waals surface area contributed by atoms with Crippen molar-refractivity contribution in [1.29, 1.82) is 0 Å². The molecule has 0 spiro atoms. The van der Waals surface area contributed by atoms with E-state index in [0.29, 0.717) is 13.0 Å². The normalized spacial score (nSPS) is 19.0. The first-order valence-electron chi connectivity index (χ1n) is 10.2. The lowest BCUT2D eigenvalue weighted by Gasteiger charge is -2.23. The maximum Gasteiger partial charge on any atom is 0.317 e. The van der Waals surface area contributed by atoms with E-state index in [9.17, 15) is 13.2 Å². The van der Waals surface area contributed by atoms with E-state index in [1.807, 2.05) is 0 Å². The fraction of sp³-hybridized carbons (Fsp3) is 0.947. The van der Waals surface area contributed by atoms with Crippen LogP contribution in [-0.2, 0) is 9.84 Å². The highest BCUT2D eigenvalue weighted by Crippen LogP contribution is 2.16. The zero-order valence-electron chi connectivity index (χ0n) is 16.3. The summed E-state index contributed by atoms with van der Waals surface area (Å²) in [5.41, 5.74) is 0. The lowest BCUT2D eigenvalue weighted by Crippen LogP contribution is -2.44. The number of amides is 2. The van der Waals surface area contributed by atoms with Crippen LogP contribution in [0.5, 0.6) is 0 Å². The maximum atomic E-state index is 12.0. The molecule has 1 atom stereocenters. The second kappa shape index (κ2) is 12.6. The molecule has 1 aliphatic rings. The predicted octanol–water partition coefficient (Wildman–Crippen LogP) is 4.13. The first kappa shape index (κ1) is 22.3. The quantitative estimate of drug-likeness (QED) is 0.493. The third kappa shape index (κ3) is 10.1. The molecule has 25 heavy (non-hydrogen) atoms. The van der Waals surface area contributed by atoms with Crippen molar-refractivity contribution in [2.45, 2.75) is 90.0 Å². The van der Waals surface area contributed by atoms with Crippen molar-refractivity contribution in [3.8, 4) is 0 Å². The van der Waals surface area contributed by atoms with E-state index in [1.165, 1.54) is 57.8 Å². The summed E-state index contributed by atoms with van der Waals surface area (Å²) in [6.45, 7) is 2.93. The Balaban J connectivity index is 1.93. The fourth-order valence-corrected chi connectivity index (χ4v) is 5.13. The molecular formula is C19H38N2O3S. The van der Waals surface area contributed by atoms with E-state index in [1.54, 1.807) is 11.9 Å². The minimum Gasteiger partial charge on any atom is -0.338 e. The Hall–Kier alpha value is -0.780. The molecule has 2 amide bonds. The Labute approximate surface area is 154 Å². The Morgan fingerprint density at radius 1 is 0.960 bits per heavy atom. The summed E-state index contributed by atoms with van der Waals surface area (Å²) in [5, 5.41) is 2.91. The smallest absolute Gasteiger partial charge is 0.317 e. The van der Waals surface area contributed by atoms with Crippen molar-refractivity contribution in [2.75, 3.05) is 25.1 Å². The lowest BCUT2D eigenvalue weighted by atomic mass is 10.1. The Morgan fingerprint density at radius 3 is 1.96 bits per heavy atom. The Kier molecular flexibility index (Phi) is 11.2. The van der Waals surface area contributed by atoms with E-state index in [2.05, 4.69) is 12.2 Å². The van der Waals surface area contributed by atoms with Gasteiger partial charge in [0.2, 0.25) is 0 Å². The van der Waals surface area contributed by atoms with Crippen molar-refractivity contribution in [3.63, 3.8) is 0 Å². The van der Waals surface area contributed by atoms with Gasteiger partial charge in [-0.05, 0) is 12.8 Å². The molecule has 0 saturated carbocycles. The van der Waals surface area contributed by atoms with Gasteiger partial charge >= 0.3 is 6.03 Å². The molecule has 0 aromatic rings. The number of sulfone groups is 1. The van der Waals surface area contributed by atoms with Gasteiger partial charge in [-0.1, -0.05) is 71.1 Å². The minimum absolute atomic E-state index is 0.107. The maximum absolute atomic E-state index is 12.0. The number of carbonyl (C=O) groups is 1. The van der Waals surface area contributed by atoms with Crippen molar-refractivity contribution < 1.29 is 13.2 Å². The van der Waals surface area contributed by atoms with Crippen LogP contribution in [0.4, 0.5) is 4.79 Å². The summed E-state index contributed by atoms with van der Waals surface area (Å²) in [6, 6.07) is -0.309. The van der Waals surface area contributed by atoms with Gasteiger partial charge in [0.1, 0.15) is 0 Å². The van der Waals surface area contributed by atoms with E-state index in [4.69, 9.17) is 0 Å². The number of rotatable bonds is 13. The van der Waals surface area contributed by atoms with Crippen LogP contribution >= 0.6 is 0 Å². The van der Waals surface area contributed by atoms with Crippen LogP contribution in [0.3, 0.4) is 0 Å². The molecule has 1 fully saturated rings. The Bertz CT molecular complexity index is 465. The van der Waals surface area contributed by atoms with Gasteiger partial charge in [0, 0.05) is 19.6 Å². The van der Waals surface area contributed by atoms with Crippen LogP contribution < -0.4 is 5.32 Å². The van der Waals surface area contributed by atoms with E-state index < -0.39 is 9.84 Å². The van der Waals surface area contributed by atoms with Crippen LogP contribution in [-0.4, -0.2) is 50.5 Å². The molecule has 1 N–H and O–H groups in total. The van der Waals surface area contributed by atoms with Gasteiger partial charge in [0.15, 0.2) is 9.84 Å². The van der Waals surface area contributed by atoms with Crippen LogP contribution in [0.2, 0.25) is 0 Å². The van der Waals surface area contributed by atoms with Gasteiger partial charge in [0.25, 0.3) is 0 Å². The Morgan fingerprint density at radius 2 is 1.48 bits per heavy atom. The van der Waals surface area contributed by atoms with Gasteiger partial charge in [0.05, 0.1) is 11.5 Å². The summed E-state index contributed by atoms with van der Waals surface area (Å²) in [4.78, 5) is 13.6. The third-order valence-electron chi connectivity index (χ3n) is 5.13. The number of carbonyl (C=O) groups excluding carboxylic acids is 1. The number of hydrogen-bond acceptors (Lipinski definition) is 3. The molecule has 0 aromatic heterocycles. The second-order valence-corrected chi connectivity index (χ2v) is 9.66. The van der Waals surface area contributed by atoms with E-state index >= 15 is 0 Å². The SMILES string of the molecule is CCCCCCCCCCCCCNC(=O)N(C)C1CCS(=O)(=O)C1. The molecule has 148 valence electrons. The number of nitrogens with zero attached hydrogens (tertiary/aromatic N) is 1. The van der Waals surface area contributed by atoms with Crippen LogP contribution in [0.25, 0.3) is 0 Å². The standard InChI is InChI=1S/C19H38N2O3S/c1-3-4-5-6-7-8-9-10-11-12-13-15-20-19(22)21(2)18-14-16-25(23,24)17-18/h18H,3-17H2,1-2H3,(H,20,22). The molecule has 1 heterocycles. The summed E-state index contributed by atoms with van der Waals surface area (Å²) in [6.07, 6.45) is 14.8. The van der Waals surface area contributed by atoms with Crippen molar-refractivity contribution >= 4 is 15.9 Å². The van der Waals surface area contributed by atoms with Crippen molar-refractivity contribution in [3.05, 3.63) is 0 Å². The summed E-state index contributed by atoms with van der Waals surface area (Å²) < 4.78 is 23.0. The highest BCUT2D eigenvalue weighted by atomic mass is 32.2. The molecule has 0 aromatic carbocycles. The molecule has 0 radical (unpaired) electrons. The zero-order valence-corrected chi connectivity index (χ0v) is 17.1. The van der Waals surface area contributed by atoms with Crippen LogP contribution in [0, 0.1) is 0 Å². The average Bonchev–Trinajstić information content (AvgIpc) is 2.95. The predicted molar refractivity (Wildman–Crippen MR) is 105 cm³/mol. The monoisotopic (exact) mass is 374 g/mol. The lowest BCUT2D eigenvalue weighted by molar-refractivity contribution is 0.195. The third-order valence-corrected chi connectivity index (χ3v) is 6.88. The number of hydrogen-bond donors (Lipinski definition) is 1. The van der Waals surface area contributed by atoms with Gasteiger partial charge < -0.3 is 10.2 Å². The summed E-state index contributed by atoms with van der Waals surface area (Å²) >= 11 is 0. The highest BCUT2D eigenvalue weighted by Gasteiger charge is 2.32. The van der Waals surface area contributed by atoms with E-state index in [0.717, 1.165) is 12.8 Å². The zero-order chi connectivity index (χ0) is 18.5. The van der Waals surface area contributed by atoms with Crippen LogP contribution in [0.15, 0.2) is 0 Å². The first-order chi connectivity index (χ1) is 12.0.